The van der Waals surface area contributed by atoms with E-state index >= 15 is 0 Å². The molecule has 0 aromatic carbocycles. The zero-order valence-electron chi connectivity index (χ0n) is 10.6. The van der Waals surface area contributed by atoms with Crippen LogP contribution in [0.15, 0.2) is 40.4 Å². The van der Waals surface area contributed by atoms with Gasteiger partial charge in [0.25, 0.3) is 0 Å². The third-order valence-corrected chi connectivity index (χ3v) is 4.37. The Morgan fingerprint density at radius 1 is 1.30 bits per heavy atom. The second kappa shape index (κ2) is 4.81. The molecule has 20 heavy (non-hydrogen) atoms. The highest BCUT2D eigenvalue weighted by atomic mass is 32.1. The molecule has 0 amide bonds. The zero-order chi connectivity index (χ0) is 13.4. The Morgan fingerprint density at radius 3 is 3.20 bits per heavy atom. The molecule has 1 N–H and O–H groups in total. The van der Waals surface area contributed by atoms with Crippen molar-refractivity contribution in [1.29, 1.82) is 0 Å². The molecule has 6 heteroatoms. The van der Waals surface area contributed by atoms with E-state index in [2.05, 4.69) is 31.9 Å². The lowest BCUT2D eigenvalue weighted by Gasteiger charge is -2.20. The topological polar surface area (TPSA) is 63.8 Å². The minimum atomic E-state index is -0.00466. The standard InChI is InChI=1S/C14H12N4OS/c1-2-6-15-10(3-1)13-17-14(19-18-13)12-9-5-8-20-11(9)4-7-16-12/h1-3,5-6,8,12,16H,4,7H2. The highest BCUT2D eigenvalue weighted by Gasteiger charge is 2.27. The number of nitrogens with zero attached hydrogens (tertiary/aromatic N) is 3. The predicted octanol–water partition coefficient (Wildman–Crippen LogP) is 2.43. The van der Waals surface area contributed by atoms with Crippen LogP contribution in [0.25, 0.3) is 11.5 Å². The molecule has 1 aliphatic heterocycles. The summed E-state index contributed by atoms with van der Waals surface area (Å²) < 4.78 is 5.43. The van der Waals surface area contributed by atoms with Crippen LogP contribution in [0.3, 0.4) is 0 Å². The maximum atomic E-state index is 5.43. The number of hydrogen-bond donors (Lipinski definition) is 1. The van der Waals surface area contributed by atoms with Gasteiger partial charge < -0.3 is 9.84 Å². The molecule has 0 saturated heterocycles. The van der Waals surface area contributed by atoms with Crippen LogP contribution in [0.5, 0.6) is 0 Å². The average Bonchev–Trinajstić information content (AvgIpc) is 3.17. The van der Waals surface area contributed by atoms with Gasteiger partial charge in [-0.15, -0.1) is 11.3 Å². The van der Waals surface area contributed by atoms with Crippen molar-refractivity contribution in [2.45, 2.75) is 12.5 Å². The molecule has 0 fully saturated rings. The third kappa shape index (κ3) is 1.93. The van der Waals surface area contributed by atoms with Gasteiger partial charge in [0.1, 0.15) is 11.7 Å². The maximum Gasteiger partial charge on any atom is 0.248 e. The number of nitrogens with one attached hydrogen (secondary N) is 1. The summed E-state index contributed by atoms with van der Waals surface area (Å²) in [6.07, 6.45) is 2.78. The molecule has 4 heterocycles. The van der Waals surface area contributed by atoms with E-state index in [1.807, 2.05) is 18.2 Å². The average molecular weight is 284 g/mol. The first-order chi connectivity index (χ1) is 9.92. The second-order valence-electron chi connectivity index (χ2n) is 4.61. The van der Waals surface area contributed by atoms with E-state index in [0.29, 0.717) is 11.7 Å². The van der Waals surface area contributed by atoms with Crippen molar-refractivity contribution in [3.8, 4) is 11.5 Å². The van der Waals surface area contributed by atoms with Gasteiger partial charge in [0.15, 0.2) is 0 Å². The van der Waals surface area contributed by atoms with Crippen LogP contribution in [0.2, 0.25) is 0 Å². The van der Waals surface area contributed by atoms with Gasteiger partial charge in [0.2, 0.25) is 11.7 Å². The monoisotopic (exact) mass is 284 g/mol. The van der Waals surface area contributed by atoms with E-state index in [1.54, 1.807) is 17.5 Å². The van der Waals surface area contributed by atoms with Gasteiger partial charge in [0.05, 0.1) is 0 Å². The molecule has 1 aliphatic rings. The zero-order valence-corrected chi connectivity index (χ0v) is 11.4. The molecule has 0 bridgehead atoms. The Morgan fingerprint density at radius 2 is 2.30 bits per heavy atom. The first-order valence-corrected chi connectivity index (χ1v) is 7.34. The molecule has 0 radical (unpaired) electrons. The van der Waals surface area contributed by atoms with Gasteiger partial charge in [0, 0.05) is 17.6 Å². The van der Waals surface area contributed by atoms with Crippen molar-refractivity contribution in [3.05, 3.63) is 52.2 Å². The van der Waals surface area contributed by atoms with Crippen LogP contribution < -0.4 is 5.32 Å². The Kier molecular flexibility index (Phi) is 2.82. The summed E-state index contributed by atoms with van der Waals surface area (Å²) in [4.78, 5) is 10.1. The van der Waals surface area contributed by atoms with Crippen molar-refractivity contribution >= 4 is 11.3 Å². The maximum absolute atomic E-state index is 5.43. The number of thiophene rings is 1. The molecule has 0 aliphatic carbocycles. The van der Waals surface area contributed by atoms with Crippen LogP contribution >= 0.6 is 11.3 Å². The minimum absolute atomic E-state index is 0.00466. The van der Waals surface area contributed by atoms with Crippen molar-refractivity contribution < 1.29 is 4.52 Å². The number of aromatic nitrogens is 3. The van der Waals surface area contributed by atoms with E-state index in [4.69, 9.17) is 4.52 Å². The van der Waals surface area contributed by atoms with Crippen LogP contribution in [0, 0.1) is 0 Å². The lowest BCUT2D eigenvalue weighted by Crippen LogP contribution is -2.29. The molecule has 0 spiro atoms. The number of fused-ring (bicyclic) bond motifs is 1. The third-order valence-electron chi connectivity index (χ3n) is 3.37. The first-order valence-electron chi connectivity index (χ1n) is 6.46. The van der Waals surface area contributed by atoms with Gasteiger partial charge in [-0.1, -0.05) is 11.2 Å². The van der Waals surface area contributed by atoms with Gasteiger partial charge in [-0.3, -0.25) is 4.98 Å². The second-order valence-corrected chi connectivity index (χ2v) is 5.61. The summed E-state index contributed by atoms with van der Waals surface area (Å²) >= 11 is 1.78. The SMILES string of the molecule is c1ccc(-c2noc(C3NCCc4sccc43)n2)nc1. The molecular weight excluding hydrogens is 272 g/mol. The molecule has 3 aromatic heterocycles. The fourth-order valence-corrected chi connectivity index (χ4v) is 3.34. The van der Waals surface area contributed by atoms with E-state index in [-0.39, 0.29) is 6.04 Å². The molecule has 1 unspecified atom stereocenters. The van der Waals surface area contributed by atoms with E-state index in [1.165, 1.54) is 10.4 Å². The molecule has 1 atom stereocenters. The van der Waals surface area contributed by atoms with Crippen LogP contribution in [-0.2, 0) is 6.42 Å². The van der Waals surface area contributed by atoms with Crippen LogP contribution in [0.4, 0.5) is 0 Å². The van der Waals surface area contributed by atoms with Crippen LogP contribution in [-0.4, -0.2) is 21.7 Å². The lowest BCUT2D eigenvalue weighted by atomic mass is 10.0. The number of rotatable bonds is 2. The number of hydrogen-bond acceptors (Lipinski definition) is 6. The first kappa shape index (κ1) is 11.7. The Balaban J connectivity index is 1.70. The summed E-state index contributed by atoms with van der Waals surface area (Å²) in [5.74, 6) is 1.13. The van der Waals surface area contributed by atoms with E-state index < -0.39 is 0 Å². The summed E-state index contributed by atoms with van der Waals surface area (Å²) in [5, 5.41) is 9.58. The van der Waals surface area contributed by atoms with Gasteiger partial charge in [-0.2, -0.15) is 4.98 Å². The summed E-state index contributed by atoms with van der Waals surface area (Å²) in [7, 11) is 0. The Bertz CT molecular complexity index is 722. The van der Waals surface area contributed by atoms with Crippen molar-refractivity contribution in [2.24, 2.45) is 0 Å². The molecule has 3 aromatic rings. The fourth-order valence-electron chi connectivity index (χ4n) is 2.42. The highest BCUT2D eigenvalue weighted by molar-refractivity contribution is 7.10. The normalized spacial score (nSPS) is 17.9. The Labute approximate surface area is 119 Å². The molecular formula is C14H12N4OS. The highest BCUT2D eigenvalue weighted by Crippen LogP contribution is 2.31. The van der Waals surface area contributed by atoms with Gasteiger partial charge in [-0.25, -0.2) is 0 Å². The molecule has 5 nitrogen and oxygen atoms in total. The van der Waals surface area contributed by atoms with E-state index in [0.717, 1.165) is 18.7 Å². The molecule has 0 saturated carbocycles. The quantitative estimate of drug-likeness (QED) is 0.783. The predicted molar refractivity (Wildman–Crippen MR) is 75.4 cm³/mol. The largest absolute Gasteiger partial charge is 0.337 e. The molecule has 100 valence electrons. The van der Waals surface area contributed by atoms with Gasteiger partial charge >= 0.3 is 0 Å². The van der Waals surface area contributed by atoms with Crippen molar-refractivity contribution in [3.63, 3.8) is 0 Å². The fraction of sp³-hybridized carbons (Fsp3) is 0.214. The van der Waals surface area contributed by atoms with E-state index in [9.17, 15) is 0 Å². The summed E-state index contributed by atoms with van der Waals surface area (Å²) in [5.41, 5.74) is 1.97. The van der Waals surface area contributed by atoms with Crippen molar-refractivity contribution in [2.75, 3.05) is 6.54 Å². The van der Waals surface area contributed by atoms with Crippen molar-refractivity contribution in [1.82, 2.24) is 20.4 Å². The Hall–Kier alpha value is -2.05. The minimum Gasteiger partial charge on any atom is -0.337 e. The smallest absolute Gasteiger partial charge is 0.248 e. The number of pyridine rings is 1. The van der Waals surface area contributed by atoms with Gasteiger partial charge in [-0.05, 0) is 35.6 Å². The van der Waals surface area contributed by atoms with Crippen LogP contribution in [0.1, 0.15) is 22.4 Å². The lowest BCUT2D eigenvalue weighted by molar-refractivity contribution is 0.344. The summed E-state index contributed by atoms with van der Waals surface area (Å²) in [6, 6.07) is 7.77. The summed E-state index contributed by atoms with van der Waals surface area (Å²) in [6.45, 7) is 0.930. The molecule has 4 rings (SSSR count).